The molecule has 4 nitrogen and oxygen atoms in total. The monoisotopic (exact) mass is 224 g/mol. The molecule has 0 atom stereocenters. The summed E-state index contributed by atoms with van der Waals surface area (Å²) in [7, 11) is 0. The van der Waals surface area contributed by atoms with Gasteiger partial charge in [-0.05, 0) is 22.0 Å². The molecule has 2 heterocycles. The van der Waals surface area contributed by atoms with Crippen molar-refractivity contribution in [1.82, 2.24) is 15.0 Å². The summed E-state index contributed by atoms with van der Waals surface area (Å²) < 4.78 is 0.799. The Morgan fingerprint density at radius 2 is 2.08 bits per heavy atom. The molecule has 0 aliphatic rings. The van der Waals surface area contributed by atoms with Gasteiger partial charge in [-0.1, -0.05) is 0 Å². The van der Waals surface area contributed by atoms with E-state index >= 15 is 0 Å². The fourth-order valence-corrected chi connectivity index (χ4v) is 1.22. The van der Waals surface area contributed by atoms with Crippen molar-refractivity contribution < 1.29 is 5.11 Å². The number of pyridine rings is 1. The van der Waals surface area contributed by atoms with E-state index in [0.717, 1.165) is 4.47 Å². The number of hydrogen-bond acceptors (Lipinski definition) is 4. The van der Waals surface area contributed by atoms with Crippen molar-refractivity contribution in [3.8, 4) is 5.88 Å². The van der Waals surface area contributed by atoms with Gasteiger partial charge in [0.05, 0.1) is 11.0 Å². The van der Waals surface area contributed by atoms with E-state index in [4.69, 9.17) is 0 Å². The molecule has 2 rings (SSSR count). The first kappa shape index (κ1) is 7.42. The Morgan fingerprint density at radius 1 is 1.25 bits per heavy atom. The maximum atomic E-state index is 11.1. The molecule has 0 unspecified atom stereocenters. The zero-order valence-electron chi connectivity index (χ0n) is 5.86. The molecule has 0 radical (unpaired) electrons. The molecule has 2 aromatic heterocycles. The quantitative estimate of drug-likeness (QED) is 0.667. The van der Waals surface area contributed by atoms with E-state index in [-0.39, 0.29) is 5.88 Å². The molecule has 0 aliphatic heterocycles. The number of halogens is 1. The van der Waals surface area contributed by atoms with Crippen molar-refractivity contribution in [2.24, 2.45) is 0 Å². The SMILES string of the molecule is [O-]c1ncnc2cc(Br)cnc12. The lowest BCUT2D eigenvalue weighted by Crippen LogP contribution is -1.97. The van der Waals surface area contributed by atoms with Crippen LogP contribution in [0.1, 0.15) is 0 Å². The lowest BCUT2D eigenvalue weighted by molar-refractivity contribution is -0.272. The summed E-state index contributed by atoms with van der Waals surface area (Å²) in [6.45, 7) is 0. The Morgan fingerprint density at radius 3 is 2.92 bits per heavy atom. The van der Waals surface area contributed by atoms with Gasteiger partial charge in [0.15, 0.2) is 0 Å². The van der Waals surface area contributed by atoms with Crippen LogP contribution >= 0.6 is 15.9 Å². The molecule has 0 spiro atoms. The summed E-state index contributed by atoms with van der Waals surface area (Å²) in [4.78, 5) is 11.3. The minimum atomic E-state index is -0.340. The highest BCUT2D eigenvalue weighted by Gasteiger charge is 1.96. The van der Waals surface area contributed by atoms with Gasteiger partial charge in [0.1, 0.15) is 6.33 Å². The Kier molecular flexibility index (Phi) is 1.65. The van der Waals surface area contributed by atoms with E-state index < -0.39 is 0 Å². The number of hydrogen-bond donors (Lipinski definition) is 0. The molecule has 5 heteroatoms. The van der Waals surface area contributed by atoms with Gasteiger partial charge < -0.3 is 5.11 Å². The molecule has 0 saturated heterocycles. The topological polar surface area (TPSA) is 61.7 Å². The molecule has 0 fully saturated rings. The van der Waals surface area contributed by atoms with E-state index in [2.05, 4.69) is 30.9 Å². The third-order valence-corrected chi connectivity index (χ3v) is 1.84. The normalized spacial score (nSPS) is 10.4. The first-order valence-electron chi connectivity index (χ1n) is 3.20. The molecular formula is C7H3BrN3O-. The van der Waals surface area contributed by atoms with E-state index in [1.54, 1.807) is 12.3 Å². The highest BCUT2D eigenvalue weighted by Crippen LogP contribution is 2.18. The summed E-state index contributed by atoms with van der Waals surface area (Å²) in [5.74, 6) is -0.340. The predicted molar refractivity (Wildman–Crippen MR) is 44.5 cm³/mol. The van der Waals surface area contributed by atoms with Gasteiger partial charge in [0.2, 0.25) is 0 Å². The van der Waals surface area contributed by atoms with E-state index in [9.17, 15) is 5.11 Å². The Bertz CT molecular complexity index is 432. The zero-order chi connectivity index (χ0) is 8.55. The van der Waals surface area contributed by atoms with Gasteiger partial charge in [0.25, 0.3) is 0 Å². The maximum Gasteiger partial charge on any atom is 0.115 e. The van der Waals surface area contributed by atoms with Gasteiger partial charge in [-0.15, -0.1) is 0 Å². The third-order valence-electron chi connectivity index (χ3n) is 1.41. The average Bonchev–Trinajstić information content (AvgIpc) is 2.04. The molecule has 12 heavy (non-hydrogen) atoms. The fourth-order valence-electron chi connectivity index (χ4n) is 0.896. The summed E-state index contributed by atoms with van der Waals surface area (Å²) >= 11 is 3.23. The Hall–Kier alpha value is -1.23. The number of nitrogens with zero attached hydrogens (tertiary/aromatic N) is 3. The van der Waals surface area contributed by atoms with Crippen LogP contribution in [0.5, 0.6) is 5.88 Å². The van der Waals surface area contributed by atoms with Crippen LogP contribution in [0, 0.1) is 0 Å². The highest BCUT2D eigenvalue weighted by molar-refractivity contribution is 9.10. The van der Waals surface area contributed by atoms with E-state index in [1.165, 1.54) is 6.33 Å². The van der Waals surface area contributed by atoms with Crippen LogP contribution in [-0.2, 0) is 0 Å². The Labute approximate surface area is 76.4 Å². The standard InChI is InChI=1S/C7H4BrN3O/c8-4-1-5-6(9-2-4)7(12)11-3-10-5/h1-3H,(H,10,11,12)/p-1. The summed E-state index contributed by atoms with van der Waals surface area (Å²) in [6.07, 6.45) is 2.78. The van der Waals surface area contributed by atoms with Crippen LogP contribution in [0.4, 0.5) is 0 Å². The van der Waals surface area contributed by atoms with Crippen molar-refractivity contribution in [2.75, 3.05) is 0 Å². The van der Waals surface area contributed by atoms with Crippen LogP contribution in [0.25, 0.3) is 11.0 Å². The zero-order valence-corrected chi connectivity index (χ0v) is 7.45. The maximum absolute atomic E-state index is 11.1. The summed E-state index contributed by atoms with van der Waals surface area (Å²) in [5, 5.41) is 11.1. The molecule has 0 N–H and O–H groups in total. The average molecular weight is 225 g/mol. The number of fused-ring (bicyclic) bond motifs is 1. The third kappa shape index (κ3) is 1.12. The molecule has 60 valence electrons. The molecular weight excluding hydrogens is 222 g/mol. The largest absolute Gasteiger partial charge is 0.857 e. The first-order chi connectivity index (χ1) is 5.77. The molecule has 0 aromatic carbocycles. The van der Waals surface area contributed by atoms with Crippen molar-refractivity contribution >= 4 is 27.0 Å². The van der Waals surface area contributed by atoms with Crippen LogP contribution in [0.2, 0.25) is 0 Å². The van der Waals surface area contributed by atoms with Crippen LogP contribution in [0.15, 0.2) is 23.1 Å². The molecule has 0 bridgehead atoms. The minimum Gasteiger partial charge on any atom is -0.857 e. The van der Waals surface area contributed by atoms with Crippen molar-refractivity contribution in [3.63, 3.8) is 0 Å². The molecule has 2 aromatic rings. The Balaban J connectivity index is 2.86. The van der Waals surface area contributed by atoms with Crippen molar-refractivity contribution in [2.45, 2.75) is 0 Å². The van der Waals surface area contributed by atoms with Gasteiger partial charge in [-0.25, -0.2) is 4.98 Å². The lowest BCUT2D eigenvalue weighted by Gasteiger charge is -2.05. The van der Waals surface area contributed by atoms with Crippen LogP contribution in [0.3, 0.4) is 0 Å². The second-order valence-electron chi connectivity index (χ2n) is 2.20. The van der Waals surface area contributed by atoms with Gasteiger partial charge in [0, 0.05) is 16.5 Å². The fraction of sp³-hybridized carbons (Fsp3) is 0. The second kappa shape index (κ2) is 2.67. The summed E-state index contributed by atoms with van der Waals surface area (Å²) in [6, 6.07) is 1.73. The second-order valence-corrected chi connectivity index (χ2v) is 3.12. The van der Waals surface area contributed by atoms with Crippen LogP contribution in [-0.4, -0.2) is 15.0 Å². The van der Waals surface area contributed by atoms with Gasteiger partial charge >= 0.3 is 0 Å². The highest BCUT2D eigenvalue weighted by atomic mass is 79.9. The van der Waals surface area contributed by atoms with Crippen molar-refractivity contribution in [3.05, 3.63) is 23.1 Å². The first-order valence-corrected chi connectivity index (χ1v) is 4.00. The van der Waals surface area contributed by atoms with Crippen molar-refractivity contribution in [1.29, 1.82) is 0 Å². The van der Waals surface area contributed by atoms with Gasteiger partial charge in [-0.2, -0.15) is 0 Å². The number of aromatic nitrogens is 3. The molecule has 0 aliphatic carbocycles. The summed E-state index contributed by atoms with van der Waals surface area (Å²) in [5.41, 5.74) is 0.866. The lowest BCUT2D eigenvalue weighted by atomic mass is 10.4. The molecule has 0 amide bonds. The van der Waals surface area contributed by atoms with Crippen LogP contribution < -0.4 is 5.11 Å². The van der Waals surface area contributed by atoms with E-state index in [0.29, 0.717) is 11.0 Å². The smallest absolute Gasteiger partial charge is 0.115 e. The molecule has 0 saturated carbocycles. The van der Waals surface area contributed by atoms with E-state index in [1.807, 2.05) is 0 Å². The number of rotatable bonds is 0. The minimum absolute atomic E-state index is 0.306. The van der Waals surface area contributed by atoms with Gasteiger partial charge in [-0.3, -0.25) is 9.97 Å². The predicted octanol–water partition coefficient (Wildman–Crippen LogP) is 0.861.